The number of nitrogens with zero attached hydrogens (tertiary/aromatic N) is 4. The fourth-order valence-corrected chi connectivity index (χ4v) is 2.54. The van der Waals surface area contributed by atoms with E-state index in [1.807, 2.05) is 31.2 Å². The predicted octanol–water partition coefficient (Wildman–Crippen LogP) is 5.38. The lowest BCUT2D eigenvalue weighted by atomic mass is 10.1. The summed E-state index contributed by atoms with van der Waals surface area (Å²) in [7, 11) is 0. The summed E-state index contributed by atoms with van der Waals surface area (Å²) in [6, 6.07) is 16.9. The molecule has 2 aromatic carbocycles. The fraction of sp³-hybridized carbons (Fsp3) is 0.0500. The van der Waals surface area contributed by atoms with Gasteiger partial charge in [-0.1, -0.05) is 36.4 Å². The van der Waals surface area contributed by atoms with Crippen molar-refractivity contribution >= 4 is 23.1 Å². The molecule has 3 rings (SSSR count). The number of anilines is 2. The number of halogens is 1. The number of para-hydroxylation sites is 1. The third-order valence-electron chi connectivity index (χ3n) is 3.68. The van der Waals surface area contributed by atoms with Gasteiger partial charge in [0.2, 0.25) is 0 Å². The maximum atomic E-state index is 9.44. The molecule has 5 nitrogen and oxygen atoms in total. The molecular weight excluding hydrogens is 348 g/mol. The van der Waals surface area contributed by atoms with Crippen LogP contribution in [0.3, 0.4) is 0 Å². The Labute approximate surface area is 156 Å². The third-order valence-corrected chi connectivity index (χ3v) is 3.93. The van der Waals surface area contributed by atoms with Gasteiger partial charge in [-0.15, -0.1) is 0 Å². The summed E-state index contributed by atoms with van der Waals surface area (Å²) in [4.78, 5) is 10.3. The minimum Gasteiger partial charge on any atom is -0.424 e. The second kappa shape index (κ2) is 7.68. The SMILES string of the molecule is C=CN(c1ccccc1C)c1nc(Oc2ccc(Cl)cc2)ncc1C#N. The summed E-state index contributed by atoms with van der Waals surface area (Å²) >= 11 is 5.88. The van der Waals surface area contributed by atoms with Gasteiger partial charge in [-0.25, -0.2) is 4.98 Å². The molecule has 1 heterocycles. The van der Waals surface area contributed by atoms with Gasteiger partial charge >= 0.3 is 6.01 Å². The smallest absolute Gasteiger partial charge is 0.324 e. The molecule has 0 aliphatic heterocycles. The first kappa shape index (κ1) is 17.5. The Morgan fingerprint density at radius 2 is 1.92 bits per heavy atom. The van der Waals surface area contributed by atoms with Gasteiger partial charge in [0, 0.05) is 16.9 Å². The van der Waals surface area contributed by atoms with Crippen LogP contribution in [0.25, 0.3) is 0 Å². The Morgan fingerprint density at radius 3 is 2.58 bits per heavy atom. The molecule has 0 fully saturated rings. The van der Waals surface area contributed by atoms with Gasteiger partial charge in [-0.05, 0) is 42.8 Å². The van der Waals surface area contributed by atoms with Crippen molar-refractivity contribution in [1.29, 1.82) is 5.26 Å². The van der Waals surface area contributed by atoms with Gasteiger partial charge in [0.15, 0.2) is 5.82 Å². The molecule has 0 atom stereocenters. The Bertz CT molecular complexity index is 980. The molecule has 0 saturated heterocycles. The molecule has 6 heteroatoms. The van der Waals surface area contributed by atoms with E-state index in [-0.39, 0.29) is 6.01 Å². The van der Waals surface area contributed by atoms with E-state index in [1.165, 1.54) is 6.20 Å². The van der Waals surface area contributed by atoms with Crippen LogP contribution in [0.4, 0.5) is 11.5 Å². The number of hydrogen-bond donors (Lipinski definition) is 0. The van der Waals surface area contributed by atoms with E-state index in [0.29, 0.717) is 22.2 Å². The summed E-state index contributed by atoms with van der Waals surface area (Å²) in [6.07, 6.45) is 3.04. The monoisotopic (exact) mass is 362 g/mol. The normalized spacial score (nSPS) is 10.0. The second-order valence-corrected chi connectivity index (χ2v) is 5.83. The van der Waals surface area contributed by atoms with E-state index in [4.69, 9.17) is 16.3 Å². The largest absolute Gasteiger partial charge is 0.424 e. The van der Waals surface area contributed by atoms with E-state index in [0.717, 1.165) is 11.3 Å². The molecule has 3 aromatic rings. The molecular formula is C20H15ClN4O. The summed E-state index contributed by atoms with van der Waals surface area (Å²) < 4.78 is 5.68. The van der Waals surface area contributed by atoms with Crippen molar-refractivity contribution in [2.45, 2.75) is 6.92 Å². The average molecular weight is 363 g/mol. The Kier molecular flexibility index (Phi) is 5.16. The lowest BCUT2D eigenvalue weighted by molar-refractivity contribution is 0.442. The van der Waals surface area contributed by atoms with Crippen molar-refractivity contribution in [2.24, 2.45) is 0 Å². The average Bonchev–Trinajstić information content (AvgIpc) is 2.66. The molecule has 0 radical (unpaired) electrons. The zero-order chi connectivity index (χ0) is 18.5. The zero-order valence-electron chi connectivity index (χ0n) is 14.1. The van der Waals surface area contributed by atoms with Crippen LogP contribution in [0, 0.1) is 18.3 Å². The van der Waals surface area contributed by atoms with Gasteiger partial charge in [0.05, 0.1) is 6.20 Å². The standard InChI is InChI=1S/C20H15ClN4O/c1-3-25(18-7-5-4-6-14(18)2)19-15(12-22)13-23-20(24-19)26-17-10-8-16(21)9-11-17/h3-11,13H,1H2,2H3. The highest BCUT2D eigenvalue weighted by Crippen LogP contribution is 2.31. The highest BCUT2D eigenvalue weighted by Gasteiger charge is 2.17. The van der Waals surface area contributed by atoms with E-state index < -0.39 is 0 Å². The molecule has 128 valence electrons. The summed E-state index contributed by atoms with van der Waals surface area (Å²) in [5, 5.41) is 10.1. The number of benzene rings is 2. The first-order chi connectivity index (χ1) is 12.6. The molecule has 26 heavy (non-hydrogen) atoms. The minimum absolute atomic E-state index is 0.127. The van der Waals surface area contributed by atoms with Gasteiger partial charge < -0.3 is 9.64 Å². The van der Waals surface area contributed by atoms with E-state index in [1.54, 1.807) is 35.4 Å². The molecule has 0 aliphatic carbocycles. The topological polar surface area (TPSA) is 62.0 Å². The number of rotatable bonds is 5. The van der Waals surface area contributed by atoms with Crippen molar-refractivity contribution < 1.29 is 4.74 Å². The quantitative estimate of drug-likeness (QED) is 0.609. The molecule has 0 N–H and O–H groups in total. The number of aromatic nitrogens is 2. The third kappa shape index (κ3) is 3.66. The van der Waals surface area contributed by atoms with E-state index in [9.17, 15) is 5.26 Å². The maximum absolute atomic E-state index is 9.44. The first-order valence-corrected chi connectivity index (χ1v) is 8.18. The fourth-order valence-electron chi connectivity index (χ4n) is 2.41. The van der Waals surface area contributed by atoms with Crippen molar-refractivity contribution in [3.05, 3.63) is 83.7 Å². The van der Waals surface area contributed by atoms with Crippen molar-refractivity contribution in [2.75, 3.05) is 4.90 Å². The zero-order valence-corrected chi connectivity index (χ0v) is 14.8. The number of hydrogen-bond acceptors (Lipinski definition) is 5. The van der Waals surface area contributed by atoms with Crippen LogP contribution in [0.2, 0.25) is 5.02 Å². The molecule has 0 unspecified atom stereocenters. The highest BCUT2D eigenvalue weighted by atomic mass is 35.5. The molecule has 0 aliphatic rings. The van der Waals surface area contributed by atoms with Crippen molar-refractivity contribution in [3.8, 4) is 17.8 Å². The predicted molar refractivity (Wildman–Crippen MR) is 102 cm³/mol. The van der Waals surface area contributed by atoms with Gasteiger partial charge in [0.25, 0.3) is 0 Å². The van der Waals surface area contributed by atoms with Crippen LogP contribution < -0.4 is 9.64 Å². The maximum Gasteiger partial charge on any atom is 0.324 e. The second-order valence-electron chi connectivity index (χ2n) is 5.40. The molecule has 0 amide bonds. The molecule has 0 spiro atoms. The molecule has 0 bridgehead atoms. The highest BCUT2D eigenvalue weighted by molar-refractivity contribution is 6.30. The number of ether oxygens (including phenoxy) is 1. The number of nitriles is 1. The van der Waals surface area contributed by atoms with E-state index in [2.05, 4.69) is 22.6 Å². The summed E-state index contributed by atoms with van der Waals surface area (Å²) in [6.45, 7) is 5.83. The van der Waals surface area contributed by atoms with Gasteiger partial charge in [-0.3, -0.25) is 0 Å². The van der Waals surface area contributed by atoms with Crippen LogP contribution in [-0.4, -0.2) is 9.97 Å². The lowest BCUT2D eigenvalue weighted by Crippen LogP contribution is -2.13. The van der Waals surface area contributed by atoms with Gasteiger partial charge in [-0.2, -0.15) is 10.2 Å². The van der Waals surface area contributed by atoms with E-state index >= 15 is 0 Å². The van der Waals surface area contributed by atoms with Crippen LogP contribution in [0.15, 0.2) is 67.5 Å². The lowest BCUT2D eigenvalue weighted by Gasteiger charge is -2.22. The Morgan fingerprint density at radius 1 is 1.19 bits per heavy atom. The summed E-state index contributed by atoms with van der Waals surface area (Å²) in [5.41, 5.74) is 2.21. The van der Waals surface area contributed by atoms with Crippen molar-refractivity contribution in [1.82, 2.24) is 9.97 Å². The van der Waals surface area contributed by atoms with Crippen LogP contribution in [0.1, 0.15) is 11.1 Å². The summed E-state index contributed by atoms with van der Waals surface area (Å²) in [5.74, 6) is 0.946. The molecule has 1 aromatic heterocycles. The van der Waals surface area contributed by atoms with Crippen LogP contribution in [-0.2, 0) is 0 Å². The Hall–Kier alpha value is -3.36. The van der Waals surface area contributed by atoms with Crippen LogP contribution >= 0.6 is 11.6 Å². The number of aryl methyl sites for hydroxylation is 1. The van der Waals surface area contributed by atoms with Crippen molar-refractivity contribution in [3.63, 3.8) is 0 Å². The Balaban J connectivity index is 2.02. The first-order valence-electron chi connectivity index (χ1n) is 7.80. The molecule has 0 saturated carbocycles. The van der Waals surface area contributed by atoms with Gasteiger partial charge in [0.1, 0.15) is 17.4 Å². The van der Waals surface area contributed by atoms with Crippen LogP contribution in [0.5, 0.6) is 11.8 Å². The minimum atomic E-state index is 0.127.